The summed E-state index contributed by atoms with van der Waals surface area (Å²) in [4.78, 5) is 3.30. The number of hydrogen-bond donors (Lipinski definition) is 2. The maximum absolute atomic E-state index is 5.38. The minimum absolute atomic E-state index is 0.612. The minimum atomic E-state index is 0.612. The summed E-state index contributed by atoms with van der Waals surface area (Å²) in [6.45, 7) is 0. The number of nitrogens with one attached hydrogen (secondary N) is 2. The first-order valence-electron chi connectivity index (χ1n) is 7.09. The lowest BCUT2D eigenvalue weighted by molar-refractivity contribution is 0.905. The number of H-pyrrole nitrogens is 2. The van der Waals surface area contributed by atoms with Crippen molar-refractivity contribution < 1.29 is 0 Å². The van der Waals surface area contributed by atoms with E-state index in [1.165, 1.54) is 10.9 Å². The van der Waals surface area contributed by atoms with Crippen LogP contribution in [-0.2, 0) is 6.42 Å². The highest BCUT2D eigenvalue weighted by molar-refractivity contribution is 7.71. The molecule has 0 saturated carbocycles. The van der Waals surface area contributed by atoms with E-state index in [9.17, 15) is 0 Å². The van der Waals surface area contributed by atoms with Crippen molar-refractivity contribution in [2.24, 2.45) is 0 Å². The minimum Gasteiger partial charge on any atom is -0.361 e. The monoisotopic (exact) mass is 306 g/mol. The lowest BCUT2D eigenvalue weighted by Gasteiger charge is -2.06. The molecule has 0 spiro atoms. The molecule has 2 heterocycles. The summed E-state index contributed by atoms with van der Waals surface area (Å²) in [5, 5.41) is 8.53. The summed E-state index contributed by atoms with van der Waals surface area (Å²) in [6.07, 6.45) is 2.75. The number of aromatic nitrogens is 4. The van der Waals surface area contributed by atoms with Gasteiger partial charge in [0, 0.05) is 29.2 Å². The fourth-order valence-electron chi connectivity index (χ4n) is 2.74. The highest BCUT2D eigenvalue weighted by Gasteiger charge is 2.11. The van der Waals surface area contributed by atoms with E-state index in [1.54, 1.807) is 0 Å². The summed E-state index contributed by atoms with van der Waals surface area (Å²) >= 11 is 5.38. The van der Waals surface area contributed by atoms with Gasteiger partial charge in [-0.25, -0.2) is 0 Å². The lowest BCUT2D eigenvalue weighted by atomic mass is 10.1. The first-order chi connectivity index (χ1) is 10.8. The lowest BCUT2D eigenvalue weighted by Crippen LogP contribution is -2.02. The normalized spacial score (nSPS) is 11.1. The molecule has 0 amide bonds. The quantitative estimate of drug-likeness (QED) is 0.562. The predicted octanol–water partition coefficient (Wildman–Crippen LogP) is 4.00. The van der Waals surface area contributed by atoms with Crippen LogP contribution in [0.2, 0.25) is 0 Å². The third-order valence-corrected chi connectivity index (χ3v) is 4.05. The second kappa shape index (κ2) is 5.27. The van der Waals surface area contributed by atoms with E-state index in [0.717, 1.165) is 17.0 Å². The molecular weight excluding hydrogens is 292 g/mol. The zero-order valence-electron chi connectivity index (χ0n) is 11.8. The Hall–Kier alpha value is -2.66. The van der Waals surface area contributed by atoms with Crippen molar-refractivity contribution in [1.29, 1.82) is 0 Å². The van der Waals surface area contributed by atoms with Gasteiger partial charge in [0.05, 0.1) is 0 Å². The molecule has 22 heavy (non-hydrogen) atoms. The highest BCUT2D eigenvalue weighted by Crippen LogP contribution is 2.21. The Kier molecular flexibility index (Phi) is 3.12. The molecule has 0 bridgehead atoms. The molecule has 4 nitrogen and oxygen atoms in total. The summed E-state index contributed by atoms with van der Waals surface area (Å²) in [7, 11) is 0. The van der Waals surface area contributed by atoms with Crippen LogP contribution in [0.3, 0.4) is 0 Å². The Morgan fingerprint density at radius 1 is 1.00 bits per heavy atom. The maximum Gasteiger partial charge on any atom is 0.199 e. The van der Waals surface area contributed by atoms with Crippen LogP contribution in [0.5, 0.6) is 0 Å². The zero-order chi connectivity index (χ0) is 14.9. The van der Waals surface area contributed by atoms with Gasteiger partial charge in [-0.2, -0.15) is 5.10 Å². The molecule has 0 atom stereocenters. The fraction of sp³-hybridized carbons (Fsp3) is 0.0588. The van der Waals surface area contributed by atoms with Gasteiger partial charge in [-0.1, -0.05) is 36.4 Å². The fourth-order valence-corrected chi connectivity index (χ4v) is 3.00. The summed E-state index contributed by atoms with van der Waals surface area (Å²) in [6, 6.07) is 18.3. The van der Waals surface area contributed by atoms with Crippen LogP contribution in [0.25, 0.3) is 16.6 Å². The van der Waals surface area contributed by atoms with Crippen molar-refractivity contribution in [2.75, 3.05) is 0 Å². The number of nitrogens with zero attached hydrogens (tertiary/aromatic N) is 2. The summed E-state index contributed by atoms with van der Waals surface area (Å²) < 4.78 is 2.60. The van der Waals surface area contributed by atoms with Crippen LogP contribution in [0.1, 0.15) is 11.4 Å². The Morgan fingerprint density at radius 2 is 1.77 bits per heavy atom. The van der Waals surface area contributed by atoms with E-state index >= 15 is 0 Å². The predicted molar refractivity (Wildman–Crippen MR) is 89.9 cm³/mol. The van der Waals surface area contributed by atoms with Gasteiger partial charge in [0.25, 0.3) is 0 Å². The van der Waals surface area contributed by atoms with Crippen LogP contribution in [0.4, 0.5) is 0 Å². The van der Waals surface area contributed by atoms with Gasteiger partial charge in [-0.05, 0) is 36.0 Å². The third kappa shape index (κ3) is 2.16. The average Bonchev–Trinajstić information content (AvgIpc) is 3.13. The van der Waals surface area contributed by atoms with Crippen molar-refractivity contribution in [1.82, 2.24) is 19.7 Å². The summed E-state index contributed by atoms with van der Waals surface area (Å²) in [5.41, 5.74) is 3.37. The number of para-hydroxylation sites is 2. The molecule has 2 aromatic carbocycles. The molecule has 4 aromatic rings. The first-order valence-corrected chi connectivity index (χ1v) is 7.50. The van der Waals surface area contributed by atoms with Gasteiger partial charge in [0.1, 0.15) is 5.82 Å². The van der Waals surface area contributed by atoms with Crippen molar-refractivity contribution in [3.8, 4) is 5.69 Å². The molecule has 0 unspecified atom stereocenters. The number of aromatic amines is 2. The van der Waals surface area contributed by atoms with Gasteiger partial charge >= 0.3 is 0 Å². The first kappa shape index (κ1) is 13.0. The van der Waals surface area contributed by atoms with Gasteiger partial charge < -0.3 is 4.98 Å². The van der Waals surface area contributed by atoms with Gasteiger partial charge in [-0.15, -0.1) is 0 Å². The molecule has 2 aromatic heterocycles. The molecule has 5 heteroatoms. The molecule has 0 fully saturated rings. The van der Waals surface area contributed by atoms with Gasteiger partial charge in [0.2, 0.25) is 0 Å². The molecular formula is C17H14N4S. The molecule has 0 aliphatic heterocycles. The van der Waals surface area contributed by atoms with Crippen molar-refractivity contribution >= 4 is 23.1 Å². The second-order valence-electron chi connectivity index (χ2n) is 5.15. The molecule has 4 rings (SSSR count). The topological polar surface area (TPSA) is 49.4 Å². The zero-order valence-corrected chi connectivity index (χ0v) is 12.6. The Balaban J connectivity index is 1.80. The van der Waals surface area contributed by atoms with E-state index in [-0.39, 0.29) is 0 Å². The van der Waals surface area contributed by atoms with Crippen LogP contribution in [-0.4, -0.2) is 19.7 Å². The highest BCUT2D eigenvalue weighted by atomic mass is 32.1. The maximum atomic E-state index is 5.38. The summed E-state index contributed by atoms with van der Waals surface area (Å²) in [5.74, 6) is 0.904. The van der Waals surface area contributed by atoms with Crippen molar-refractivity contribution in [3.63, 3.8) is 0 Å². The average molecular weight is 306 g/mol. The van der Waals surface area contributed by atoms with Crippen LogP contribution >= 0.6 is 12.2 Å². The number of benzene rings is 2. The van der Waals surface area contributed by atoms with E-state index < -0.39 is 0 Å². The number of hydrogen-bond acceptors (Lipinski definition) is 2. The Bertz CT molecular complexity index is 978. The van der Waals surface area contributed by atoms with E-state index in [4.69, 9.17) is 12.2 Å². The van der Waals surface area contributed by atoms with Crippen LogP contribution in [0, 0.1) is 4.77 Å². The van der Waals surface area contributed by atoms with Crippen molar-refractivity contribution in [2.45, 2.75) is 6.42 Å². The van der Waals surface area contributed by atoms with Gasteiger partial charge in [-0.3, -0.25) is 9.67 Å². The van der Waals surface area contributed by atoms with Crippen molar-refractivity contribution in [3.05, 3.63) is 77.0 Å². The van der Waals surface area contributed by atoms with E-state index in [0.29, 0.717) is 11.2 Å². The van der Waals surface area contributed by atoms with E-state index in [2.05, 4.69) is 27.3 Å². The SMILES string of the molecule is S=c1[nH]nc(Cc2c[nH]c3ccccc23)n1-c1ccccc1. The Morgan fingerprint density at radius 3 is 2.64 bits per heavy atom. The second-order valence-corrected chi connectivity index (χ2v) is 5.54. The molecule has 0 radical (unpaired) electrons. The van der Waals surface area contributed by atoms with Crippen LogP contribution in [0.15, 0.2) is 60.8 Å². The largest absolute Gasteiger partial charge is 0.361 e. The van der Waals surface area contributed by atoms with Crippen LogP contribution < -0.4 is 0 Å². The third-order valence-electron chi connectivity index (χ3n) is 3.78. The van der Waals surface area contributed by atoms with Gasteiger partial charge in [0.15, 0.2) is 4.77 Å². The smallest absolute Gasteiger partial charge is 0.199 e. The molecule has 0 aliphatic carbocycles. The molecule has 0 saturated heterocycles. The van der Waals surface area contributed by atoms with E-state index in [1.807, 2.05) is 53.2 Å². The molecule has 2 N–H and O–H groups in total. The molecule has 108 valence electrons. The number of fused-ring (bicyclic) bond motifs is 1. The molecule has 0 aliphatic rings. The standard InChI is InChI=1S/C17H14N4S/c22-17-20-19-16(21(17)13-6-2-1-3-7-13)10-12-11-18-15-9-5-4-8-14(12)15/h1-9,11,18H,10H2,(H,20,22). The number of rotatable bonds is 3. The Labute approximate surface area is 132 Å².